The van der Waals surface area contributed by atoms with Crippen molar-refractivity contribution in [3.63, 3.8) is 0 Å². The summed E-state index contributed by atoms with van der Waals surface area (Å²) in [4.78, 5) is 11.8. The number of halogens is 1. The van der Waals surface area contributed by atoms with Gasteiger partial charge in [-0.25, -0.2) is 4.39 Å². The van der Waals surface area contributed by atoms with Gasteiger partial charge in [-0.15, -0.1) is 0 Å². The van der Waals surface area contributed by atoms with Crippen LogP contribution < -0.4 is 5.32 Å². The van der Waals surface area contributed by atoms with Gasteiger partial charge in [-0.3, -0.25) is 4.79 Å². The van der Waals surface area contributed by atoms with Gasteiger partial charge in [0.25, 0.3) is 0 Å². The van der Waals surface area contributed by atoms with E-state index in [0.29, 0.717) is 18.5 Å². The Bertz CT molecular complexity index is 519. The van der Waals surface area contributed by atoms with E-state index in [2.05, 4.69) is 5.32 Å². The molecule has 1 aromatic carbocycles. The molecular weight excluding hydrogens is 259 g/mol. The average molecular weight is 276 g/mol. The van der Waals surface area contributed by atoms with Crippen LogP contribution >= 0.6 is 0 Å². The summed E-state index contributed by atoms with van der Waals surface area (Å²) in [5.41, 5.74) is 0.371. The predicted molar refractivity (Wildman–Crippen MR) is 72.6 cm³/mol. The first-order valence-electron chi connectivity index (χ1n) is 6.80. The molecule has 0 aliphatic carbocycles. The number of rotatable bonds is 4. The van der Waals surface area contributed by atoms with E-state index in [1.54, 1.807) is 6.07 Å². The number of amides is 1. The van der Waals surface area contributed by atoms with Gasteiger partial charge in [0.05, 0.1) is 11.7 Å². The Morgan fingerprint density at radius 3 is 3.05 bits per heavy atom. The molecule has 1 aliphatic heterocycles. The summed E-state index contributed by atoms with van der Waals surface area (Å²) in [6.07, 6.45) is 4.47. The summed E-state index contributed by atoms with van der Waals surface area (Å²) in [5, 5.41) is 11.4. The number of carbonyl (C=O) groups is 1. The van der Waals surface area contributed by atoms with Crippen molar-refractivity contribution in [2.45, 2.75) is 38.2 Å². The molecule has 1 N–H and O–H groups in total. The molecule has 0 saturated carbocycles. The van der Waals surface area contributed by atoms with E-state index in [9.17, 15) is 9.18 Å². The lowest BCUT2D eigenvalue weighted by atomic mass is 10.0. The fraction of sp³-hybridized carbons (Fsp3) is 0.467. The molecule has 1 aromatic rings. The molecule has 106 valence electrons. The maximum absolute atomic E-state index is 13.1. The zero-order chi connectivity index (χ0) is 14.4. The van der Waals surface area contributed by atoms with Crippen LogP contribution in [-0.2, 0) is 9.53 Å². The minimum Gasteiger partial charge on any atom is -0.378 e. The molecule has 2 rings (SSSR count). The van der Waals surface area contributed by atoms with Crippen molar-refractivity contribution in [2.75, 3.05) is 11.9 Å². The third-order valence-electron chi connectivity index (χ3n) is 3.34. The van der Waals surface area contributed by atoms with Crippen LogP contribution in [0.5, 0.6) is 0 Å². The van der Waals surface area contributed by atoms with Crippen LogP contribution in [0.25, 0.3) is 0 Å². The monoisotopic (exact) mass is 276 g/mol. The predicted octanol–water partition coefficient (Wildman–Crippen LogP) is 2.99. The smallest absolute Gasteiger partial charge is 0.224 e. The van der Waals surface area contributed by atoms with Gasteiger partial charge in [-0.05, 0) is 43.9 Å². The number of hydrogen-bond acceptors (Lipinski definition) is 3. The van der Waals surface area contributed by atoms with Crippen molar-refractivity contribution in [2.24, 2.45) is 0 Å². The van der Waals surface area contributed by atoms with Crippen molar-refractivity contribution < 1.29 is 13.9 Å². The molecule has 1 saturated heterocycles. The molecule has 1 heterocycles. The largest absolute Gasteiger partial charge is 0.378 e. The Morgan fingerprint density at radius 2 is 2.35 bits per heavy atom. The first-order chi connectivity index (χ1) is 9.69. The topological polar surface area (TPSA) is 62.1 Å². The first kappa shape index (κ1) is 14.5. The highest BCUT2D eigenvalue weighted by Gasteiger charge is 2.15. The third kappa shape index (κ3) is 4.04. The van der Waals surface area contributed by atoms with Crippen LogP contribution in [0.2, 0.25) is 0 Å². The van der Waals surface area contributed by atoms with Gasteiger partial charge in [-0.2, -0.15) is 5.26 Å². The van der Waals surface area contributed by atoms with E-state index in [1.807, 2.05) is 0 Å². The highest BCUT2D eigenvalue weighted by Crippen LogP contribution is 2.18. The maximum Gasteiger partial charge on any atom is 0.224 e. The fourth-order valence-corrected chi connectivity index (χ4v) is 2.24. The molecule has 4 nitrogen and oxygen atoms in total. The van der Waals surface area contributed by atoms with Crippen LogP contribution in [0, 0.1) is 17.1 Å². The Morgan fingerprint density at radius 1 is 1.50 bits per heavy atom. The van der Waals surface area contributed by atoms with Crippen LogP contribution in [-0.4, -0.2) is 18.6 Å². The average Bonchev–Trinajstić information content (AvgIpc) is 2.48. The van der Waals surface area contributed by atoms with Crippen LogP contribution in [0.3, 0.4) is 0 Å². The van der Waals surface area contributed by atoms with Crippen LogP contribution in [0.15, 0.2) is 18.2 Å². The van der Waals surface area contributed by atoms with E-state index in [-0.39, 0.29) is 17.6 Å². The second-order valence-corrected chi connectivity index (χ2v) is 4.88. The highest BCUT2D eigenvalue weighted by molar-refractivity contribution is 5.90. The molecule has 1 aliphatic rings. The lowest BCUT2D eigenvalue weighted by molar-refractivity contribution is -0.117. The molecule has 5 heteroatoms. The maximum atomic E-state index is 13.1. The van der Waals surface area contributed by atoms with Gasteiger partial charge in [0, 0.05) is 18.7 Å². The van der Waals surface area contributed by atoms with Crippen LogP contribution in [0.1, 0.15) is 37.7 Å². The number of nitriles is 1. The number of hydrogen-bond donors (Lipinski definition) is 1. The number of benzene rings is 1. The lowest BCUT2D eigenvalue weighted by Crippen LogP contribution is -2.21. The Balaban J connectivity index is 1.83. The van der Waals surface area contributed by atoms with Crippen molar-refractivity contribution in [1.29, 1.82) is 5.26 Å². The standard InChI is InChI=1S/C15H17FN2O2/c16-14-6-4-12(9-11(14)10-17)18-15(19)7-5-13-3-1-2-8-20-13/h4,6,9,13H,1-3,5,7-8H2,(H,18,19). The van der Waals surface area contributed by atoms with Gasteiger partial charge in [0.2, 0.25) is 5.91 Å². The summed E-state index contributed by atoms with van der Waals surface area (Å²) in [6.45, 7) is 0.774. The van der Waals surface area contributed by atoms with E-state index in [4.69, 9.17) is 10.00 Å². The van der Waals surface area contributed by atoms with E-state index < -0.39 is 5.82 Å². The summed E-state index contributed by atoms with van der Waals surface area (Å²) < 4.78 is 18.7. The quantitative estimate of drug-likeness (QED) is 0.919. The molecule has 1 fully saturated rings. The van der Waals surface area contributed by atoms with Crippen molar-refractivity contribution in [1.82, 2.24) is 0 Å². The number of ether oxygens (including phenoxy) is 1. The number of nitrogens with one attached hydrogen (secondary N) is 1. The number of anilines is 1. The SMILES string of the molecule is N#Cc1cc(NC(=O)CCC2CCCCO2)ccc1F. The van der Waals surface area contributed by atoms with Gasteiger partial charge < -0.3 is 10.1 Å². The molecule has 0 spiro atoms. The summed E-state index contributed by atoms with van der Waals surface area (Å²) >= 11 is 0. The van der Waals surface area contributed by atoms with Gasteiger partial charge in [0.1, 0.15) is 11.9 Å². The van der Waals surface area contributed by atoms with Crippen molar-refractivity contribution in [3.8, 4) is 6.07 Å². The Kier molecular flexibility index (Phi) is 5.08. The summed E-state index contributed by atoms with van der Waals surface area (Å²) in [5.74, 6) is -0.726. The van der Waals surface area contributed by atoms with Crippen molar-refractivity contribution >= 4 is 11.6 Å². The third-order valence-corrected chi connectivity index (χ3v) is 3.34. The molecular formula is C15H17FN2O2. The molecule has 0 radical (unpaired) electrons. The Hall–Kier alpha value is -1.93. The second kappa shape index (κ2) is 7.01. The Labute approximate surface area is 117 Å². The summed E-state index contributed by atoms with van der Waals surface area (Å²) in [7, 11) is 0. The molecule has 20 heavy (non-hydrogen) atoms. The first-order valence-corrected chi connectivity index (χ1v) is 6.80. The fourth-order valence-electron chi connectivity index (χ4n) is 2.24. The molecule has 1 unspecified atom stereocenters. The lowest BCUT2D eigenvalue weighted by Gasteiger charge is -2.22. The van der Waals surface area contributed by atoms with Gasteiger partial charge in [-0.1, -0.05) is 0 Å². The zero-order valence-electron chi connectivity index (χ0n) is 11.2. The van der Waals surface area contributed by atoms with Gasteiger partial charge in [0.15, 0.2) is 0 Å². The number of nitrogens with zero attached hydrogens (tertiary/aromatic N) is 1. The normalized spacial score (nSPS) is 18.3. The van der Waals surface area contributed by atoms with E-state index in [0.717, 1.165) is 25.9 Å². The summed E-state index contributed by atoms with van der Waals surface area (Å²) in [6, 6.07) is 5.71. The van der Waals surface area contributed by atoms with Crippen molar-refractivity contribution in [3.05, 3.63) is 29.6 Å². The molecule has 0 aromatic heterocycles. The van der Waals surface area contributed by atoms with Gasteiger partial charge >= 0.3 is 0 Å². The molecule has 1 atom stereocenters. The van der Waals surface area contributed by atoms with Crippen LogP contribution in [0.4, 0.5) is 10.1 Å². The highest BCUT2D eigenvalue weighted by atomic mass is 19.1. The minimum atomic E-state index is -0.582. The second-order valence-electron chi connectivity index (χ2n) is 4.88. The molecule has 1 amide bonds. The zero-order valence-corrected chi connectivity index (χ0v) is 11.2. The molecule has 0 bridgehead atoms. The van der Waals surface area contributed by atoms with E-state index in [1.165, 1.54) is 18.2 Å². The number of carbonyl (C=O) groups excluding carboxylic acids is 1. The minimum absolute atomic E-state index is 0.0709. The van der Waals surface area contributed by atoms with E-state index >= 15 is 0 Å².